The number of piperazine rings is 1. The smallest absolute Gasteiger partial charge is 0.257 e. The summed E-state index contributed by atoms with van der Waals surface area (Å²) in [5.74, 6) is -2.38. The number of hydrogen-bond acceptors (Lipinski definition) is 6. The fourth-order valence-electron chi connectivity index (χ4n) is 5.02. The highest BCUT2D eigenvalue weighted by Crippen LogP contribution is 2.38. The summed E-state index contributed by atoms with van der Waals surface area (Å²) in [6.07, 6.45) is 2.55. The molecule has 4 heterocycles. The third kappa shape index (κ3) is 4.65. The summed E-state index contributed by atoms with van der Waals surface area (Å²) < 4.78 is 56.3. The van der Waals surface area contributed by atoms with E-state index >= 15 is 0 Å². The van der Waals surface area contributed by atoms with E-state index in [-0.39, 0.29) is 16.8 Å². The quantitative estimate of drug-likeness (QED) is 0.625. The lowest BCUT2D eigenvalue weighted by Gasteiger charge is -2.40. The van der Waals surface area contributed by atoms with Gasteiger partial charge >= 0.3 is 0 Å². The Morgan fingerprint density at radius 3 is 2.34 bits per heavy atom. The van der Waals surface area contributed by atoms with E-state index in [0.717, 1.165) is 6.07 Å². The van der Waals surface area contributed by atoms with Gasteiger partial charge in [-0.05, 0) is 6.07 Å². The summed E-state index contributed by atoms with van der Waals surface area (Å²) in [6, 6.07) is 2.04. The zero-order chi connectivity index (χ0) is 24.7. The van der Waals surface area contributed by atoms with Crippen molar-refractivity contribution in [3.8, 4) is 0 Å². The molecule has 1 amide bonds. The minimum absolute atomic E-state index is 0.0257. The van der Waals surface area contributed by atoms with Crippen LogP contribution in [0.3, 0.4) is 0 Å². The van der Waals surface area contributed by atoms with E-state index in [1.807, 2.05) is 4.90 Å². The highest BCUT2D eigenvalue weighted by molar-refractivity contribution is 7.80. The number of ether oxygens (including phenoxy) is 2. The summed E-state index contributed by atoms with van der Waals surface area (Å²) in [6.45, 7) is 3.79. The van der Waals surface area contributed by atoms with Gasteiger partial charge in [0, 0.05) is 83.9 Å². The zero-order valence-corrected chi connectivity index (χ0v) is 20.7. The van der Waals surface area contributed by atoms with E-state index in [9.17, 15) is 17.8 Å². The monoisotopic (exact) mass is 509 g/mol. The number of anilines is 1. The van der Waals surface area contributed by atoms with Crippen molar-refractivity contribution in [2.45, 2.75) is 18.6 Å². The molecule has 12 heteroatoms. The molecule has 0 N–H and O–H groups in total. The fourth-order valence-corrected chi connectivity index (χ4v) is 5.95. The molecule has 0 bridgehead atoms. The van der Waals surface area contributed by atoms with Crippen LogP contribution >= 0.6 is 0 Å². The number of nitrogens with zero attached hydrogens (tertiary/aromatic N) is 5. The number of rotatable bonds is 4. The van der Waals surface area contributed by atoms with Gasteiger partial charge in [-0.15, -0.1) is 0 Å². The SMILES string of the molecule is CN(C)S(=O)N1CCN(C(=O)c2cnc3c(F)cc(F)cc3c2N2CCC3(CC2)OCCO3)CC1. The Balaban J connectivity index is 1.46. The van der Waals surface area contributed by atoms with E-state index < -0.39 is 28.6 Å². The number of pyridine rings is 1. The zero-order valence-electron chi connectivity index (χ0n) is 19.8. The van der Waals surface area contributed by atoms with Gasteiger partial charge in [0.25, 0.3) is 5.91 Å². The normalized spacial score (nSPS) is 21.9. The predicted molar refractivity (Wildman–Crippen MR) is 127 cm³/mol. The van der Waals surface area contributed by atoms with Crippen molar-refractivity contribution >= 4 is 33.7 Å². The van der Waals surface area contributed by atoms with Gasteiger partial charge in [0.15, 0.2) is 22.8 Å². The number of aromatic nitrogens is 1. The maximum atomic E-state index is 14.6. The van der Waals surface area contributed by atoms with Gasteiger partial charge in [-0.1, -0.05) is 0 Å². The van der Waals surface area contributed by atoms with E-state index in [1.54, 1.807) is 27.6 Å². The molecular weight excluding hydrogens is 480 g/mol. The van der Waals surface area contributed by atoms with Gasteiger partial charge < -0.3 is 19.3 Å². The first-order valence-electron chi connectivity index (χ1n) is 11.7. The topological polar surface area (TPSA) is 78.5 Å². The van der Waals surface area contributed by atoms with Crippen LogP contribution in [-0.4, -0.2) is 101 Å². The Labute approximate surface area is 205 Å². The molecule has 3 aliphatic heterocycles. The molecular formula is C23H29F2N5O4S. The van der Waals surface area contributed by atoms with Crippen molar-refractivity contribution in [2.24, 2.45) is 0 Å². The highest BCUT2D eigenvalue weighted by Gasteiger charge is 2.41. The lowest BCUT2D eigenvalue weighted by molar-refractivity contribution is -0.169. The molecule has 1 atom stereocenters. The average Bonchev–Trinajstić information content (AvgIpc) is 3.31. The van der Waals surface area contributed by atoms with Gasteiger partial charge in [0.05, 0.1) is 24.5 Å². The van der Waals surface area contributed by atoms with Crippen LogP contribution in [0.1, 0.15) is 23.2 Å². The first kappa shape index (κ1) is 24.4. The van der Waals surface area contributed by atoms with Crippen LogP contribution in [0, 0.1) is 11.6 Å². The number of hydrogen-bond donors (Lipinski definition) is 0. The van der Waals surface area contributed by atoms with Gasteiger partial charge in [-0.2, -0.15) is 0 Å². The Morgan fingerprint density at radius 1 is 1.06 bits per heavy atom. The third-order valence-electron chi connectivity index (χ3n) is 6.81. The lowest BCUT2D eigenvalue weighted by atomic mass is 9.99. The summed E-state index contributed by atoms with van der Waals surface area (Å²) in [7, 11) is 3.48. The fraction of sp³-hybridized carbons (Fsp3) is 0.565. The Bertz CT molecular complexity index is 1140. The average molecular weight is 510 g/mol. The van der Waals surface area contributed by atoms with Crippen molar-refractivity contribution in [2.75, 3.05) is 71.5 Å². The largest absolute Gasteiger partial charge is 0.370 e. The van der Waals surface area contributed by atoms with Crippen molar-refractivity contribution < 1.29 is 27.3 Å². The predicted octanol–water partition coefficient (Wildman–Crippen LogP) is 1.75. The molecule has 9 nitrogen and oxygen atoms in total. The van der Waals surface area contributed by atoms with Crippen LogP contribution < -0.4 is 4.90 Å². The number of carbonyl (C=O) groups is 1. The summed E-state index contributed by atoms with van der Waals surface area (Å²) in [4.78, 5) is 21.5. The van der Waals surface area contributed by atoms with Gasteiger partial charge in [0.1, 0.15) is 11.3 Å². The molecule has 0 radical (unpaired) electrons. The van der Waals surface area contributed by atoms with Crippen molar-refractivity contribution in [3.63, 3.8) is 0 Å². The van der Waals surface area contributed by atoms with Crippen molar-refractivity contribution in [3.05, 3.63) is 35.5 Å². The lowest BCUT2D eigenvalue weighted by Crippen LogP contribution is -2.51. The molecule has 0 saturated carbocycles. The second-order valence-corrected chi connectivity index (χ2v) is 10.9. The van der Waals surface area contributed by atoms with Crippen LogP contribution in [0.15, 0.2) is 18.3 Å². The molecule has 1 aromatic carbocycles. The molecule has 3 fully saturated rings. The van der Waals surface area contributed by atoms with Crippen LogP contribution in [-0.2, 0) is 20.6 Å². The van der Waals surface area contributed by atoms with Crippen molar-refractivity contribution in [1.29, 1.82) is 0 Å². The summed E-state index contributed by atoms with van der Waals surface area (Å²) in [5, 5.41) is 0.268. The third-order valence-corrected chi connectivity index (χ3v) is 8.24. The number of halogens is 2. The first-order chi connectivity index (χ1) is 16.8. The van der Waals surface area contributed by atoms with Crippen LogP contribution in [0.4, 0.5) is 14.5 Å². The van der Waals surface area contributed by atoms with E-state index in [1.165, 1.54) is 12.3 Å². The highest BCUT2D eigenvalue weighted by atomic mass is 32.2. The Hall–Kier alpha value is -2.25. The molecule has 35 heavy (non-hydrogen) atoms. The molecule has 190 valence electrons. The summed E-state index contributed by atoms with van der Waals surface area (Å²) in [5.41, 5.74) is 0.803. The van der Waals surface area contributed by atoms with Gasteiger partial charge in [-0.3, -0.25) is 9.78 Å². The van der Waals surface area contributed by atoms with E-state index in [0.29, 0.717) is 76.6 Å². The molecule has 1 unspecified atom stereocenters. The number of amides is 1. The molecule has 3 aliphatic rings. The van der Waals surface area contributed by atoms with E-state index in [4.69, 9.17) is 9.47 Å². The molecule has 5 rings (SSSR count). The minimum atomic E-state index is -1.27. The second kappa shape index (κ2) is 9.66. The first-order valence-corrected chi connectivity index (χ1v) is 12.8. The number of fused-ring (bicyclic) bond motifs is 1. The van der Waals surface area contributed by atoms with Crippen LogP contribution in [0.25, 0.3) is 10.9 Å². The molecule has 0 aliphatic carbocycles. The number of piperidine rings is 1. The summed E-state index contributed by atoms with van der Waals surface area (Å²) >= 11 is -1.27. The number of benzene rings is 1. The van der Waals surface area contributed by atoms with Crippen LogP contribution in [0.5, 0.6) is 0 Å². The standard InChI is InChI=1S/C23H29F2N5O4S/c1-27(2)35(32)30-9-7-29(8-10-30)22(31)18-15-26-20-17(13-16(24)14-19(20)25)21(18)28-5-3-23(4-6-28)33-11-12-34-23/h13-15H,3-12H2,1-2H3. The van der Waals surface area contributed by atoms with Crippen LogP contribution in [0.2, 0.25) is 0 Å². The van der Waals surface area contributed by atoms with Crippen molar-refractivity contribution in [1.82, 2.24) is 18.5 Å². The molecule has 3 saturated heterocycles. The maximum Gasteiger partial charge on any atom is 0.257 e. The second-order valence-electron chi connectivity index (χ2n) is 9.16. The van der Waals surface area contributed by atoms with E-state index in [2.05, 4.69) is 4.98 Å². The minimum Gasteiger partial charge on any atom is -0.370 e. The molecule has 2 aromatic rings. The Morgan fingerprint density at radius 2 is 1.71 bits per heavy atom. The Kier molecular flexibility index (Phi) is 6.75. The number of carbonyl (C=O) groups excluding carboxylic acids is 1. The van der Waals surface area contributed by atoms with Gasteiger partial charge in [0.2, 0.25) is 0 Å². The molecule has 1 spiro atoms. The maximum absolute atomic E-state index is 14.6. The van der Waals surface area contributed by atoms with Gasteiger partial charge in [-0.25, -0.2) is 21.6 Å². The molecule has 1 aromatic heterocycles.